The predicted molar refractivity (Wildman–Crippen MR) is 72.8 cm³/mol. The minimum Gasteiger partial charge on any atom is -0.491 e. The molecule has 0 bridgehead atoms. The molecule has 0 spiro atoms. The highest BCUT2D eigenvalue weighted by atomic mass is 16.5. The molecular formula is C14H19N3O. The summed E-state index contributed by atoms with van der Waals surface area (Å²) in [7, 11) is 0. The van der Waals surface area contributed by atoms with E-state index in [1.807, 2.05) is 12.1 Å². The lowest BCUT2D eigenvalue weighted by atomic mass is 9.93. The van der Waals surface area contributed by atoms with Gasteiger partial charge in [-0.05, 0) is 37.8 Å². The fourth-order valence-corrected chi connectivity index (χ4v) is 2.47. The van der Waals surface area contributed by atoms with E-state index in [1.165, 1.54) is 19.3 Å². The third kappa shape index (κ3) is 1.72. The summed E-state index contributed by atoms with van der Waals surface area (Å²) in [6, 6.07) is 6.59. The predicted octanol–water partition coefficient (Wildman–Crippen LogP) is 3.13. The van der Waals surface area contributed by atoms with Crippen LogP contribution in [0.15, 0.2) is 18.2 Å². The van der Waals surface area contributed by atoms with E-state index in [-0.39, 0.29) is 0 Å². The Bertz CT molecular complexity index is 557. The van der Waals surface area contributed by atoms with Crippen molar-refractivity contribution in [1.29, 1.82) is 0 Å². The summed E-state index contributed by atoms with van der Waals surface area (Å²) in [5, 5.41) is 0. The molecule has 4 nitrogen and oxygen atoms in total. The Morgan fingerprint density at radius 1 is 1.44 bits per heavy atom. The lowest BCUT2D eigenvalue weighted by Crippen LogP contribution is -2.18. The second-order valence-corrected chi connectivity index (χ2v) is 4.90. The van der Waals surface area contributed by atoms with Gasteiger partial charge >= 0.3 is 0 Å². The van der Waals surface area contributed by atoms with Gasteiger partial charge in [-0.25, -0.2) is 4.98 Å². The van der Waals surface area contributed by atoms with E-state index in [1.54, 1.807) is 0 Å². The summed E-state index contributed by atoms with van der Waals surface area (Å²) in [5.74, 6) is 1.46. The third-order valence-electron chi connectivity index (χ3n) is 3.61. The largest absolute Gasteiger partial charge is 0.491 e. The van der Waals surface area contributed by atoms with Crippen molar-refractivity contribution >= 4 is 17.0 Å². The summed E-state index contributed by atoms with van der Waals surface area (Å²) in [6.07, 6.45) is 4.69. The zero-order valence-electron chi connectivity index (χ0n) is 10.7. The van der Waals surface area contributed by atoms with E-state index in [9.17, 15) is 0 Å². The van der Waals surface area contributed by atoms with Crippen molar-refractivity contribution in [3.05, 3.63) is 18.2 Å². The normalized spacial score (nSPS) is 15.8. The van der Waals surface area contributed by atoms with Crippen LogP contribution in [0.5, 0.6) is 5.75 Å². The number of nitrogen functional groups attached to an aromatic ring is 1. The minimum atomic E-state index is 0.524. The number of fused-ring (bicyclic) bond motifs is 1. The van der Waals surface area contributed by atoms with Gasteiger partial charge in [-0.15, -0.1) is 0 Å². The van der Waals surface area contributed by atoms with Crippen LogP contribution in [0.4, 0.5) is 5.95 Å². The summed E-state index contributed by atoms with van der Waals surface area (Å²) in [4.78, 5) is 4.48. The maximum atomic E-state index is 6.06. The number of hydrogen-bond acceptors (Lipinski definition) is 3. The van der Waals surface area contributed by atoms with E-state index in [2.05, 4.69) is 22.5 Å². The Morgan fingerprint density at radius 2 is 2.28 bits per heavy atom. The van der Waals surface area contributed by atoms with E-state index in [4.69, 9.17) is 10.5 Å². The molecule has 1 aliphatic rings. The fourth-order valence-electron chi connectivity index (χ4n) is 2.47. The zero-order valence-corrected chi connectivity index (χ0v) is 10.7. The Hall–Kier alpha value is -1.71. The number of benzene rings is 1. The molecule has 1 fully saturated rings. The van der Waals surface area contributed by atoms with Crippen LogP contribution in [-0.4, -0.2) is 16.2 Å². The van der Waals surface area contributed by atoms with Gasteiger partial charge in [0.15, 0.2) is 0 Å². The maximum Gasteiger partial charge on any atom is 0.201 e. The molecule has 2 aromatic rings. The van der Waals surface area contributed by atoms with Gasteiger partial charge in [0.1, 0.15) is 11.3 Å². The standard InChI is InChI=1S/C14H19N3O/c1-2-9-18-12-8-4-7-11-13(12)16-14(15)17(11)10-5-3-6-10/h4,7-8,10H,2-3,5-6,9H2,1H3,(H2,15,16). The molecule has 0 atom stereocenters. The molecule has 96 valence electrons. The van der Waals surface area contributed by atoms with Gasteiger partial charge in [0.05, 0.1) is 12.1 Å². The van der Waals surface area contributed by atoms with Gasteiger partial charge in [-0.1, -0.05) is 13.0 Å². The first-order valence-electron chi connectivity index (χ1n) is 6.70. The average molecular weight is 245 g/mol. The zero-order chi connectivity index (χ0) is 12.5. The number of rotatable bonds is 4. The number of ether oxygens (including phenoxy) is 1. The van der Waals surface area contributed by atoms with Crippen LogP contribution in [-0.2, 0) is 0 Å². The lowest BCUT2D eigenvalue weighted by Gasteiger charge is -2.28. The molecule has 0 radical (unpaired) electrons. The van der Waals surface area contributed by atoms with Crippen molar-refractivity contribution in [2.45, 2.75) is 38.6 Å². The molecule has 1 aromatic heterocycles. The lowest BCUT2D eigenvalue weighted by molar-refractivity contribution is 0.319. The van der Waals surface area contributed by atoms with Crippen molar-refractivity contribution in [2.75, 3.05) is 12.3 Å². The van der Waals surface area contributed by atoms with Crippen molar-refractivity contribution in [3.8, 4) is 5.75 Å². The summed E-state index contributed by atoms with van der Waals surface area (Å²) < 4.78 is 7.90. The monoisotopic (exact) mass is 245 g/mol. The molecule has 1 aromatic carbocycles. The van der Waals surface area contributed by atoms with Crippen LogP contribution >= 0.6 is 0 Å². The Morgan fingerprint density at radius 3 is 2.94 bits per heavy atom. The quantitative estimate of drug-likeness (QED) is 0.900. The van der Waals surface area contributed by atoms with Crippen LogP contribution in [0.3, 0.4) is 0 Å². The molecule has 0 aliphatic heterocycles. The van der Waals surface area contributed by atoms with Crippen molar-refractivity contribution in [1.82, 2.24) is 9.55 Å². The molecule has 4 heteroatoms. The fraction of sp³-hybridized carbons (Fsp3) is 0.500. The van der Waals surface area contributed by atoms with Crippen molar-refractivity contribution < 1.29 is 4.74 Å². The summed E-state index contributed by atoms with van der Waals surface area (Å²) in [6.45, 7) is 2.82. The Balaban J connectivity index is 2.06. The highest BCUT2D eigenvalue weighted by Gasteiger charge is 2.24. The van der Waals surface area contributed by atoms with Gasteiger partial charge in [0.25, 0.3) is 0 Å². The van der Waals surface area contributed by atoms with Gasteiger partial charge in [-0.2, -0.15) is 0 Å². The molecular weight excluding hydrogens is 226 g/mol. The molecule has 1 heterocycles. The van der Waals surface area contributed by atoms with Gasteiger partial charge in [0.2, 0.25) is 5.95 Å². The van der Waals surface area contributed by atoms with Gasteiger partial charge in [-0.3, -0.25) is 0 Å². The number of hydrogen-bond donors (Lipinski definition) is 1. The summed E-state index contributed by atoms with van der Waals surface area (Å²) >= 11 is 0. The van der Waals surface area contributed by atoms with Gasteiger partial charge in [0, 0.05) is 6.04 Å². The van der Waals surface area contributed by atoms with E-state index >= 15 is 0 Å². The first kappa shape index (κ1) is 11.4. The van der Waals surface area contributed by atoms with Crippen LogP contribution in [0.2, 0.25) is 0 Å². The topological polar surface area (TPSA) is 53.1 Å². The molecule has 0 saturated heterocycles. The van der Waals surface area contributed by atoms with Gasteiger partial charge < -0.3 is 15.0 Å². The van der Waals surface area contributed by atoms with E-state index < -0.39 is 0 Å². The molecule has 1 saturated carbocycles. The maximum absolute atomic E-state index is 6.06. The highest BCUT2D eigenvalue weighted by Crippen LogP contribution is 2.38. The molecule has 2 N–H and O–H groups in total. The van der Waals surface area contributed by atoms with E-state index in [0.717, 1.165) is 29.8 Å². The number of para-hydroxylation sites is 1. The van der Waals surface area contributed by atoms with Crippen LogP contribution < -0.4 is 10.5 Å². The first-order valence-corrected chi connectivity index (χ1v) is 6.70. The number of imidazole rings is 1. The number of nitrogens with two attached hydrogens (primary N) is 1. The Labute approximate surface area is 107 Å². The van der Waals surface area contributed by atoms with Crippen molar-refractivity contribution in [2.24, 2.45) is 0 Å². The molecule has 1 aliphatic carbocycles. The second kappa shape index (κ2) is 4.52. The second-order valence-electron chi connectivity index (χ2n) is 4.90. The summed E-state index contributed by atoms with van der Waals surface area (Å²) in [5.41, 5.74) is 8.06. The molecule has 0 amide bonds. The number of nitrogens with zero attached hydrogens (tertiary/aromatic N) is 2. The number of aromatic nitrogens is 2. The Kier molecular flexibility index (Phi) is 2.86. The molecule has 0 unspecified atom stereocenters. The van der Waals surface area contributed by atoms with Crippen LogP contribution in [0.25, 0.3) is 11.0 Å². The SMILES string of the molecule is CCCOc1cccc2c1nc(N)n2C1CCC1. The highest BCUT2D eigenvalue weighted by molar-refractivity contribution is 5.84. The smallest absolute Gasteiger partial charge is 0.201 e. The third-order valence-corrected chi connectivity index (χ3v) is 3.61. The number of anilines is 1. The minimum absolute atomic E-state index is 0.524. The van der Waals surface area contributed by atoms with Crippen LogP contribution in [0, 0.1) is 0 Å². The average Bonchev–Trinajstić information content (AvgIpc) is 2.63. The first-order chi connectivity index (χ1) is 8.81. The van der Waals surface area contributed by atoms with E-state index in [0.29, 0.717) is 12.0 Å². The molecule has 18 heavy (non-hydrogen) atoms. The van der Waals surface area contributed by atoms with Crippen LogP contribution in [0.1, 0.15) is 38.6 Å². The molecule has 3 rings (SSSR count). The van der Waals surface area contributed by atoms with Crippen molar-refractivity contribution in [3.63, 3.8) is 0 Å².